The monoisotopic (exact) mass is 510 g/mol. The molecule has 0 saturated heterocycles. The molecule has 0 bridgehead atoms. The number of hydrogen-bond donors (Lipinski definition) is 1. The predicted octanol–water partition coefficient (Wildman–Crippen LogP) is 5.59. The summed E-state index contributed by atoms with van der Waals surface area (Å²) < 4.78 is 27.6. The number of carbonyl (C=O) groups excluding carboxylic acids is 1. The Morgan fingerprint density at radius 1 is 0.875 bits per heavy atom. The first-order valence-electron chi connectivity index (χ1n) is 9.81. The van der Waals surface area contributed by atoms with Gasteiger partial charge in [0.1, 0.15) is 6.54 Å². The topological polar surface area (TPSA) is 66.5 Å². The van der Waals surface area contributed by atoms with Gasteiger partial charge in [-0.15, -0.1) is 0 Å². The van der Waals surface area contributed by atoms with Crippen LogP contribution < -0.4 is 9.62 Å². The van der Waals surface area contributed by atoms with Crippen LogP contribution >= 0.6 is 34.8 Å². The van der Waals surface area contributed by atoms with Gasteiger partial charge in [-0.3, -0.25) is 9.10 Å². The third kappa shape index (κ3) is 6.39. The second-order valence-electron chi connectivity index (χ2n) is 7.00. The van der Waals surface area contributed by atoms with Crippen LogP contribution in [0.4, 0.5) is 5.69 Å². The Morgan fingerprint density at radius 2 is 1.53 bits per heavy atom. The van der Waals surface area contributed by atoms with E-state index in [4.69, 9.17) is 34.8 Å². The van der Waals surface area contributed by atoms with Crippen LogP contribution in [-0.4, -0.2) is 27.4 Å². The SMILES string of the molecule is O=C(CN(c1ccc(Cl)cc1Cl)S(=O)(=O)c1ccccc1)NCCCc1ccc(Cl)cc1. The summed E-state index contributed by atoms with van der Waals surface area (Å²) in [5.41, 5.74) is 1.28. The number of aryl methyl sites for hydroxylation is 1. The molecule has 1 N–H and O–H groups in total. The summed E-state index contributed by atoms with van der Waals surface area (Å²) >= 11 is 18.1. The van der Waals surface area contributed by atoms with E-state index >= 15 is 0 Å². The van der Waals surface area contributed by atoms with Crippen LogP contribution in [0.2, 0.25) is 15.1 Å². The average molecular weight is 512 g/mol. The number of rotatable bonds is 9. The Hall–Kier alpha value is -2.25. The largest absolute Gasteiger partial charge is 0.355 e. The van der Waals surface area contributed by atoms with E-state index in [1.807, 2.05) is 24.3 Å². The highest BCUT2D eigenvalue weighted by atomic mass is 35.5. The molecule has 3 rings (SSSR count). The Labute approximate surface area is 203 Å². The molecule has 0 aliphatic carbocycles. The van der Waals surface area contributed by atoms with Crippen molar-refractivity contribution in [2.45, 2.75) is 17.7 Å². The molecule has 0 aromatic heterocycles. The minimum absolute atomic E-state index is 0.0570. The van der Waals surface area contributed by atoms with Crippen LogP contribution in [0.25, 0.3) is 0 Å². The maximum Gasteiger partial charge on any atom is 0.264 e. The fourth-order valence-electron chi connectivity index (χ4n) is 3.06. The Kier molecular flexibility index (Phi) is 8.43. The standard InChI is InChI=1S/C23H21Cl3N2O3S/c24-18-10-8-17(9-11-18)5-4-14-27-23(29)16-28(22-13-12-19(25)15-21(22)26)32(30,31)20-6-2-1-3-7-20/h1-3,6-13,15H,4-5,14,16H2,(H,27,29). The summed E-state index contributed by atoms with van der Waals surface area (Å²) in [4.78, 5) is 12.7. The smallest absolute Gasteiger partial charge is 0.264 e. The van der Waals surface area contributed by atoms with E-state index in [2.05, 4.69) is 5.32 Å². The van der Waals surface area contributed by atoms with Gasteiger partial charge >= 0.3 is 0 Å². The Bertz CT molecular complexity index is 1170. The quantitative estimate of drug-likeness (QED) is 0.381. The lowest BCUT2D eigenvalue weighted by Crippen LogP contribution is -2.41. The second kappa shape index (κ2) is 11.1. The molecule has 0 fully saturated rings. The molecule has 5 nitrogen and oxygen atoms in total. The zero-order chi connectivity index (χ0) is 23.1. The molecule has 32 heavy (non-hydrogen) atoms. The van der Waals surface area contributed by atoms with Crippen molar-refractivity contribution in [1.82, 2.24) is 5.32 Å². The second-order valence-corrected chi connectivity index (χ2v) is 10.1. The summed E-state index contributed by atoms with van der Waals surface area (Å²) in [5, 5.41) is 3.94. The summed E-state index contributed by atoms with van der Waals surface area (Å²) in [5.74, 6) is -0.438. The summed E-state index contributed by atoms with van der Waals surface area (Å²) in [7, 11) is -4.03. The first-order chi connectivity index (χ1) is 15.3. The number of sulfonamides is 1. The highest BCUT2D eigenvalue weighted by Gasteiger charge is 2.28. The first-order valence-corrected chi connectivity index (χ1v) is 12.4. The van der Waals surface area contributed by atoms with Gasteiger partial charge in [-0.1, -0.05) is 65.1 Å². The summed E-state index contributed by atoms with van der Waals surface area (Å²) in [6.07, 6.45) is 1.45. The normalized spacial score (nSPS) is 11.2. The van der Waals surface area contributed by atoms with Crippen LogP contribution in [0, 0.1) is 0 Å². The van der Waals surface area contributed by atoms with E-state index < -0.39 is 22.5 Å². The lowest BCUT2D eigenvalue weighted by Gasteiger charge is -2.25. The van der Waals surface area contributed by atoms with E-state index in [-0.39, 0.29) is 15.6 Å². The molecule has 0 spiro atoms. The van der Waals surface area contributed by atoms with Gasteiger partial charge in [-0.2, -0.15) is 0 Å². The third-order valence-electron chi connectivity index (χ3n) is 4.67. The molecule has 168 valence electrons. The van der Waals surface area contributed by atoms with Gasteiger partial charge in [-0.25, -0.2) is 8.42 Å². The molecular weight excluding hydrogens is 491 g/mol. The molecule has 9 heteroatoms. The number of carbonyl (C=O) groups is 1. The molecule has 0 aliphatic rings. The lowest BCUT2D eigenvalue weighted by molar-refractivity contribution is -0.119. The zero-order valence-electron chi connectivity index (χ0n) is 17.0. The van der Waals surface area contributed by atoms with E-state index in [0.717, 1.165) is 16.3 Å². The van der Waals surface area contributed by atoms with Gasteiger partial charge in [0.05, 0.1) is 15.6 Å². The van der Waals surface area contributed by atoms with Crippen molar-refractivity contribution in [3.8, 4) is 0 Å². The number of benzene rings is 3. The van der Waals surface area contributed by atoms with Crippen molar-refractivity contribution in [3.63, 3.8) is 0 Å². The van der Waals surface area contributed by atoms with Crippen LogP contribution in [0.5, 0.6) is 0 Å². The molecule has 0 unspecified atom stereocenters. The Morgan fingerprint density at radius 3 is 2.19 bits per heavy atom. The van der Waals surface area contributed by atoms with Crippen LogP contribution in [0.3, 0.4) is 0 Å². The average Bonchev–Trinajstić information content (AvgIpc) is 2.77. The van der Waals surface area contributed by atoms with Crippen LogP contribution in [0.1, 0.15) is 12.0 Å². The Balaban J connectivity index is 1.72. The molecular formula is C23H21Cl3N2O3S. The predicted molar refractivity (Wildman–Crippen MR) is 130 cm³/mol. The van der Waals surface area contributed by atoms with E-state index in [9.17, 15) is 13.2 Å². The van der Waals surface area contributed by atoms with Crippen molar-refractivity contribution in [2.24, 2.45) is 0 Å². The number of nitrogens with zero attached hydrogens (tertiary/aromatic N) is 1. The fraction of sp³-hybridized carbons (Fsp3) is 0.174. The molecule has 3 aromatic rings. The maximum absolute atomic E-state index is 13.3. The van der Waals surface area contributed by atoms with Crippen molar-refractivity contribution >= 4 is 56.4 Å². The van der Waals surface area contributed by atoms with E-state index in [1.165, 1.54) is 30.3 Å². The minimum atomic E-state index is -4.03. The summed E-state index contributed by atoms with van der Waals surface area (Å²) in [6.45, 7) is -0.0193. The minimum Gasteiger partial charge on any atom is -0.355 e. The number of halogens is 3. The third-order valence-corrected chi connectivity index (χ3v) is 7.24. The van der Waals surface area contributed by atoms with Gasteiger partial charge in [0.25, 0.3) is 10.0 Å². The molecule has 0 radical (unpaired) electrons. The molecule has 0 atom stereocenters. The van der Waals surface area contributed by atoms with Crippen LogP contribution in [0.15, 0.2) is 77.7 Å². The van der Waals surface area contributed by atoms with Crippen molar-refractivity contribution in [3.05, 3.63) is 93.4 Å². The number of amides is 1. The van der Waals surface area contributed by atoms with Gasteiger partial charge in [0, 0.05) is 16.6 Å². The zero-order valence-corrected chi connectivity index (χ0v) is 20.1. The van der Waals surface area contributed by atoms with Gasteiger partial charge < -0.3 is 5.32 Å². The molecule has 0 saturated carbocycles. The number of hydrogen-bond acceptors (Lipinski definition) is 3. The lowest BCUT2D eigenvalue weighted by atomic mass is 10.1. The van der Waals surface area contributed by atoms with Crippen molar-refractivity contribution in [1.29, 1.82) is 0 Å². The van der Waals surface area contributed by atoms with Gasteiger partial charge in [0.2, 0.25) is 5.91 Å². The van der Waals surface area contributed by atoms with Gasteiger partial charge in [-0.05, 0) is 60.9 Å². The number of anilines is 1. The van der Waals surface area contributed by atoms with Gasteiger partial charge in [0.15, 0.2) is 0 Å². The van der Waals surface area contributed by atoms with E-state index in [0.29, 0.717) is 23.0 Å². The van der Waals surface area contributed by atoms with Crippen LogP contribution in [-0.2, 0) is 21.2 Å². The highest BCUT2D eigenvalue weighted by Crippen LogP contribution is 2.32. The van der Waals surface area contributed by atoms with Crippen molar-refractivity contribution < 1.29 is 13.2 Å². The molecule has 0 heterocycles. The fourth-order valence-corrected chi connectivity index (χ4v) is 5.21. The summed E-state index contributed by atoms with van der Waals surface area (Å²) in [6, 6.07) is 19.8. The molecule has 3 aromatic carbocycles. The maximum atomic E-state index is 13.3. The van der Waals surface area contributed by atoms with Crippen molar-refractivity contribution in [2.75, 3.05) is 17.4 Å². The van der Waals surface area contributed by atoms with E-state index in [1.54, 1.807) is 18.2 Å². The molecule has 1 amide bonds. The number of nitrogens with one attached hydrogen (secondary N) is 1. The first kappa shape index (κ1) is 24.4. The highest BCUT2D eigenvalue weighted by molar-refractivity contribution is 7.92. The molecule has 0 aliphatic heterocycles.